The smallest absolute Gasteiger partial charge is 0.264 e. The van der Waals surface area contributed by atoms with E-state index in [4.69, 9.17) is 4.74 Å². The maximum Gasteiger partial charge on any atom is 0.264 e. The molecular formula is C25H27N3O3S. The molecule has 0 saturated carbocycles. The first-order chi connectivity index (χ1) is 15.6. The number of thiophene rings is 1. The molecule has 0 bridgehead atoms. The molecule has 1 aromatic heterocycles. The number of nitrogens with one attached hydrogen (secondary N) is 1. The Morgan fingerprint density at radius 1 is 1.00 bits per heavy atom. The van der Waals surface area contributed by atoms with Gasteiger partial charge in [-0.2, -0.15) is 0 Å². The van der Waals surface area contributed by atoms with E-state index in [1.165, 1.54) is 11.3 Å². The largest absolute Gasteiger partial charge is 0.495 e. The Labute approximate surface area is 192 Å². The molecule has 2 heterocycles. The van der Waals surface area contributed by atoms with Gasteiger partial charge in [0.25, 0.3) is 5.91 Å². The maximum atomic E-state index is 13.5. The first kappa shape index (κ1) is 22.0. The molecule has 0 spiro atoms. The van der Waals surface area contributed by atoms with Gasteiger partial charge in [-0.05, 0) is 41.6 Å². The van der Waals surface area contributed by atoms with Crippen LogP contribution in [0.25, 0.3) is 0 Å². The predicted molar refractivity (Wildman–Crippen MR) is 127 cm³/mol. The fraction of sp³-hybridized carbons (Fsp3) is 0.280. The van der Waals surface area contributed by atoms with Crippen molar-refractivity contribution in [3.05, 3.63) is 82.0 Å². The predicted octanol–water partition coefficient (Wildman–Crippen LogP) is 4.20. The number of hydrogen-bond donors (Lipinski definition) is 1. The van der Waals surface area contributed by atoms with Crippen molar-refractivity contribution in [2.24, 2.45) is 0 Å². The number of nitrogens with zero attached hydrogens (tertiary/aromatic N) is 2. The lowest BCUT2D eigenvalue weighted by atomic mass is 10.0. The summed E-state index contributed by atoms with van der Waals surface area (Å²) in [6.07, 6.45) is 0. The van der Waals surface area contributed by atoms with Gasteiger partial charge in [0, 0.05) is 26.2 Å². The lowest BCUT2D eigenvalue weighted by molar-refractivity contribution is -0.122. The van der Waals surface area contributed by atoms with E-state index >= 15 is 0 Å². The fourth-order valence-corrected chi connectivity index (χ4v) is 4.71. The topological polar surface area (TPSA) is 61.9 Å². The van der Waals surface area contributed by atoms with Crippen molar-refractivity contribution in [3.8, 4) is 5.75 Å². The van der Waals surface area contributed by atoms with Gasteiger partial charge < -0.3 is 15.0 Å². The summed E-state index contributed by atoms with van der Waals surface area (Å²) < 4.78 is 5.44. The molecule has 32 heavy (non-hydrogen) atoms. The monoisotopic (exact) mass is 449 g/mol. The van der Waals surface area contributed by atoms with E-state index in [1.54, 1.807) is 7.11 Å². The summed E-state index contributed by atoms with van der Waals surface area (Å²) >= 11 is 1.46. The zero-order chi connectivity index (χ0) is 22.5. The molecule has 1 atom stereocenters. The number of piperazine rings is 1. The molecule has 6 nitrogen and oxygen atoms in total. The second kappa shape index (κ2) is 9.97. The summed E-state index contributed by atoms with van der Waals surface area (Å²) in [6, 6.07) is 18.8. The molecule has 1 unspecified atom stereocenters. The van der Waals surface area contributed by atoms with E-state index in [0.29, 0.717) is 37.6 Å². The Morgan fingerprint density at radius 3 is 2.41 bits per heavy atom. The number of anilines is 1. The molecule has 166 valence electrons. The molecule has 1 saturated heterocycles. The van der Waals surface area contributed by atoms with Crippen molar-refractivity contribution < 1.29 is 14.3 Å². The SMILES string of the molecule is COc1ccc(C)cc1NC(=O)C(c1ccccc1)N1CCN(C(=O)c2cccs2)CC1. The molecule has 3 aromatic rings. The Bertz CT molecular complexity index is 1060. The number of carbonyl (C=O) groups is 2. The van der Waals surface area contributed by atoms with Gasteiger partial charge in [-0.3, -0.25) is 14.5 Å². The molecule has 0 aliphatic carbocycles. The van der Waals surface area contributed by atoms with Crippen molar-refractivity contribution >= 4 is 28.8 Å². The van der Waals surface area contributed by atoms with Gasteiger partial charge >= 0.3 is 0 Å². The minimum Gasteiger partial charge on any atom is -0.495 e. The van der Waals surface area contributed by atoms with Crippen LogP contribution in [0.4, 0.5) is 5.69 Å². The van der Waals surface area contributed by atoms with Gasteiger partial charge in [0.05, 0.1) is 17.7 Å². The van der Waals surface area contributed by atoms with Crippen molar-refractivity contribution in [3.63, 3.8) is 0 Å². The van der Waals surface area contributed by atoms with E-state index in [1.807, 2.05) is 77.9 Å². The fourth-order valence-electron chi connectivity index (χ4n) is 4.02. The molecule has 1 aliphatic heterocycles. The van der Waals surface area contributed by atoms with Gasteiger partial charge in [-0.1, -0.05) is 42.5 Å². The second-order valence-corrected chi connectivity index (χ2v) is 8.76. The first-order valence-electron chi connectivity index (χ1n) is 10.6. The van der Waals surface area contributed by atoms with E-state index in [2.05, 4.69) is 10.2 Å². The molecule has 7 heteroatoms. The Kier molecular flexibility index (Phi) is 6.87. The highest BCUT2D eigenvalue weighted by Gasteiger charge is 2.32. The first-order valence-corrected chi connectivity index (χ1v) is 11.5. The van der Waals surface area contributed by atoms with Gasteiger partial charge in [0.15, 0.2) is 0 Å². The number of rotatable bonds is 6. The highest BCUT2D eigenvalue weighted by Crippen LogP contribution is 2.29. The van der Waals surface area contributed by atoms with E-state index < -0.39 is 6.04 Å². The normalized spacial score (nSPS) is 15.2. The number of hydrogen-bond acceptors (Lipinski definition) is 5. The Morgan fingerprint density at radius 2 is 1.75 bits per heavy atom. The minimum atomic E-state index is -0.458. The molecule has 4 rings (SSSR count). The average Bonchev–Trinajstić information content (AvgIpc) is 3.35. The van der Waals surface area contributed by atoms with Crippen LogP contribution in [0, 0.1) is 6.92 Å². The summed E-state index contributed by atoms with van der Waals surface area (Å²) in [5.74, 6) is 0.574. The van der Waals surface area contributed by atoms with Crippen molar-refractivity contribution in [1.29, 1.82) is 0 Å². The molecular weight excluding hydrogens is 422 g/mol. The van der Waals surface area contributed by atoms with Crippen molar-refractivity contribution in [1.82, 2.24) is 9.80 Å². The molecule has 1 aliphatic rings. The number of aryl methyl sites for hydroxylation is 1. The quantitative estimate of drug-likeness (QED) is 0.613. The van der Waals surface area contributed by atoms with E-state index in [9.17, 15) is 9.59 Å². The van der Waals surface area contributed by atoms with Crippen LogP contribution in [0.3, 0.4) is 0 Å². The third kappa shape index (κ3) is 4.84. The number of amides is 2. The minimum absolute atomic E-state index is 0.0601. The zero-order valence-electron chi connectivity index (χ0n) is 18.3. The van der Waals surface area contributed by atoms with Gasteiger partial charge in [0.1, 0.15) is 11.8 Å². The number of benzene rings is 2. The standard InChI is InChI=1S/C25H27N3O3S/c1-18-10-11-21(31-2)20(17-18)26-24(29)23(19-7-4-3-5-8-19)27-12-14-28(15-13-27)25(30)22-9-6-16-32-22/h3-11,16-17,23H,12-15H2,1-2H3,(H,26,29). The van der Waals surface area contributed by atoms with Crippen LogP contribution in [0.1, 0.15) is 26.8 Å². The summed E-state index contributed by atoms with van der Waals surface area (Å²) in [7, 11) is 1.60. The van der Waals surface area contributed by atoms with Crippen LogP contribution in [0.2, 0.25) is 0 Å². The maximum absolute atomic E-state index is 13.5. The second-order valence-electron chi connectivity index (χ2n) is 7.81. The Balaban J connectivity index is 1.53. The Hall–Kier alpha value is -3.16. The van der Waals surface area contributed by atoms with Crippen LogP contribution in [0.5, 0.6) is 5.75 Å². The van der Waals surface area contributed by atoms with E-state index in [-0.39, 0.29) is 11.8 Å². The number of methoxy groups -OCH3 is 1. The average molecular weight is 450 g/mol. The van der Waals surface area contributed by atoms with Crippen LogP contribution in [-0.4, -0.2) is 54.9 Å². The molecule has 2 aromatic carbocycles. The molecule has 1 fully saturated rings. The van der Waals surface area contributed by atoms with Gasteiger partial charge in [0.2, 0.25) is 5.91 Å². The third-order valence-corrected chi connectivity index (χ3v) is 6.53. The van der Waals surface area contributed by atoms with E-state index in [0.717, 1.165) is 16.0 Å². The van der Waals surface area contributed by atoms with Crippen LogP contribution >= 0.6 is 11.3 Å². The number of carbonyl (C=O) groups excluding carboxylic acids is 2. The third-order valence-electron chi connectivity index (χ3n) is 5.68. The molecule has 0 radical (unpaired) electrons. The van der Waals surface area contributed by atoms with Crippen LogP contribution in [0.15, 0.2) is 66.0 Å². The lowest BCUT2D eigenvalue weighted by Gasteiger charge is -2.38. The van der Waals surface area contributed by atoms with Crippen molar-refractivity contribution in [2.75, 3.05) is 38.6 Å². The molecule has 1 N–H and O–H groups in total. The van der Waals surface area contributed by atoms with Crippen molar-refractivity contribution in [2.45, 2.75) is 13.0 Å². The summed E-state index contributed by atoms with van der Waals surface area (Å²) in [5.41, 5.74) is 2.62. The zero-order valence-corrected chi connectivity index (χ0v) is 19.1. The van der Waals surface area contributed by atoms with Crippen LogP contribution in [-0.2, 0) is 4.79 Å². The summed E-state index contributed by atoms with van der Waals surface area (Å²) in [6.45, 7) is 4.39. The number of ether oxygens (including phenoxy) is 1. The molecule has 2 amide bonds. The van der Waals surface area contributed by atoms with Crippen LogP contribution < -0.4 is 10.1 Å². The lowest BCUT2D eigenvalue weighted by Crippen LogP contribution is -2.51. The summed E-state index contributed by atoms with van der Waals surface area (Å²) in [5, 5.41) is 4.99. The van der Waals surface area contributed by atoms with Gasteiger partial charge in [-0.15, -0.1) is 11.3 Å². The highest BCUT2D eigenvalue weighted by molar-refractivity contribution is 7.12. The van der Waals surface area contributed by atoms with Gasteiger partial charge in [-0.25, -0.2) is 0 Å². The summed E-state index contributed by atoms with van der Waals surface area (Å²) in [4.78, 5) is 31.0. The highest BCUT2D eigenvalue weighted by atomic mass is 32.1.